The van der Waals surface area contributed by atoms with E-state index in [1.54, 1.807) is 30.0 Å². The summed E-state index contributed by atoms with van der Waals surface area (Å²) >= 11 is 26.0. The lowest BCUT2D eigenvalue weighted by atomic mass is 10.2. The highest BCUT2D eigenvalue weighted by Gasteiger charge is 2.12. The van der Waals surface area contributed by atoms with Gasteiger partial charge in [-0.25, -0.2) is 0 Å². The summed E-state index contributed by atoms with van der Waals surface area (Å²) in [5.41, 5.74) is 0.897. The first-order valence-electron chi connectivity index (χ1n) is 8.47. The molecule has 0 atom stereocenters. The minimum absolute atomic E-state index is 0.503. The molecule has 9 heteroatoms. The minimum atomic E-state index is 0.503. The fraction of sp³-hybridized carbons (Fsp3) is 0.263. The van der Waals surface area contributed by atoms with Gasteiger partial charge >= 0.3 is 0 Å². The van der Waals surface area contributed by atoms with Crippen molar-refractivity contribution in [1.82, 2.24) is 14.8 Å². The summed E-state index contributed by atoms with van der Waals surface area (Å²) in [6, 6.07) is 10.7. The van der Waals surface area contributed by atoms with Gasteiger partial charge < -0.3 is 9.30 Å². The van der Waals surface area contributed by atoms with Crippen molar-refractivity contribution in [2.24, 2.45) is 7.05 Å². The molecular formula is C19H17Cl4N3OS. The Hall–Kier alpha value is -1.11. The lowest BCUT2D eigenvalue weighted by molar-refractivity contribution is 0.309. The number of rotatable bonds is 8. The van der Waals surface area contributed by atoms with E-state index in [9.17, 15) is 0 Å². The zero-order valence-corrected chi connectivity index (χ0v) is 18.8. The molecule has 0 aliphatic carbocycles. The van der Waals surface area contributed by atoms with E-state index in [0.717, 1.165) is 29.4 Å². The first kappa shape index (κ1) is 21.6. The van der Waals surface area contributed by atoms with Crippen molar-refractivity contribution in [3.8, 4) is 5.75 Å². The molecule has 3 aromatic rings. The van der Waals surface area contributed by atoms with E-state index in [-0.39, 0.29) is 0 Å². The summed E-state index contributed by atoms with van der Waals surface area (Å²) in [6.07, 6.45) is 1.52. The van der Waals surface area contributed by atoms with Crippen LogP contribution in [-0.2, 0) is 19.2 Å². The van der Waals surface area contributed by atoms with Crippen LogP contribution in [-0.4, -0.2) is 21.4 Å². The molecule has 0 fully saturated rings. The number of hydrogen-bond acceptors (Lipinski definition) is 4. The predicted octanol–water partition coefficient (Wildman–Crippen LogP) is 6.73. The Bertz CT molecular complexity index is 944. The van der Waals surface area contributed by atoms with Crippen LogP contribution in [0.4, 0.5) is 0 Å². The highest BCUT2D eigenvalue weighted by molar-refractivity contribution is 7.98. The maximum atomic E-state index is 6.22. The van der Waals surface area contributed by atoms with E-state index < -0.39 is 0 Å². The van der Waals surface area contributed by atoms with Gasteiger partial charge in [0.05, 0.1) is 11.6 Å². The second-order valence-electron chi connectivity index (χ2n) is 5.97. The average Bonchev–Trinajstić information content (AvgIpc) is 3.00. The molecule has 0 saturated heterocycles. The normalized spacial score (nSPS) is 11.0. The number of nitrogens with zero attached hydrogens (tertiary/aromatic N) is 3. The van der Waals surface area contributed by atoms with Crippen LogP contribution in [0.2, 0.25) is 20.1 Å². The molecule has 0 amide bonds. The molecule has 1 heterocycles. The molecule has 28 heavy (non-hydrogen) atoms. The number of aryl methyl sites for hydroxylation is 1. The summed E-state index contributed by atoms with van der Waals surface area (Å²) in [4.78, 5) is 0. The number of halogens is 4. The zero-order valence-electron chi connectivity index (χ0n) is 15.0. The first-order chi connectivity index (χ1) is 13.5. The topological polar surface area (TPSA) is 39.9 Å². The summed E-state index contributed by atoms with van der Waals surface area (Å²) in [5.74, 6) is 2.14. The largest absolute Gasteiger partial charge is 0.492 e. The van der Waals surface area contributed by atoms with Gasteiger partial charge in [0.25, 0.3) is 0 Å². The molecule has 0 radical (unpaired) electrons. The molecule has 0 saturated carbocycles. The lowest BCUT2D eigenvalue weighted by Gasteiger charge is -2.08. The van der Waals surface area contributed by atoms with Gasteiger partial charge in [-0.05, 0) is 42.3 Å². The van der Waals surface area contributed by atoms with Crippen LogP contribution in [0.1, 0.15) is 17.8 Å². The SMILES string of the molecule is Cn1c(CCCOc2ccc(Cl)cc2Cl)nnc1SCc1c(Cl)cccc1Cl. The number of thioether (sulfide) groups is 1. The molecule has 3 rings (SSSR count). The lowest BCUT2D eigenvalue weighted by Crippen LogP contribution is -2.04. The third kappa shape index (κ3) is 5.49. The van der Waals surface area contributed by atoms with Crippen molar-refractivity contribution in [3.63, 3.8) is 0 Å². The van der Waals surface area contributed by atoms with Gasteiger partial charge in [-0.1, -0.05) is 64.2 Å². The van der Waals surface area contributed by atoms with Crippen molar-refractivity contribution < 1.29 is 4.74 Å². The summed E-state index contributed by atoms with van der Waals surface area (Å²) < 4.78 is 7.69. The second kappa shape index (κ2) is 10.1. The van der Waals surface area contributed by atoms with E-state index in [1.165, 1.54) is 0 Å². The van der Waals surface area contributed by atoms with Crippen LogP contribution in [0.3, 0.4) is 0 Å². The van der Waals surface area contributed by atoms with Gasteiger partial charge in [0.1, 0.15) is 11.6 Å². The van der Waals surface area contributed by atoms with E-state index in [0.29, 0.717) is 38.2 Å². The van der Waals surface area contributed by atoms with Crippen molar-refractivity contribution in [3.05, 3.63) is 67.9 Å². The molecule has 0 aliphatic heterocycles. The summed E-state index contributed by atoms with van der Waals surface area (Å²) in [7, 11) is 1.95. The molecule has 2 aromatic carbocycles. The number of ether oxygens (including phenoxy) is 1. The maximum absolute atomic E-state index is 6.22. The Morgan fingerprint density at radius 1 is 1.00 bits per heavy atom. The highest BCUT2D eigenvalue weighted by atomic mass is 35.5. The molecule has 0 N–H and O–H groups in total. The fourth-order valence-electron chi connectivity index (χ4n) is 2.50. The molecule has 0 unspecified atom stereocenters. The van der Waals surface area contributed by atoms with E-state index in [4.69, 9.17) is 51.1 Å². The number of hydrogen-bond donors (Lipinski definition) is 0. The number of benzene rings is 2. The number of aromatic nitrogens is 3. The molecular weight excluding hydrogens is 460 g/mol. The third-order valence-corrected chi connectivity index (χ3v) is 6.31. The minimum Gasteiger partial charge on any atom is -0.492 e. The van der Waals surface area contributed by atoms with Crippen LogP contribution in [0, 0.1) is 0 Å². The zero-order chi connectivity index (χ0) is 20.1. The van der Waals surface area contributed by atoms with Crippen LogP contribution in [0.15, 0.2) is 41.6 Å². The summed E-state index contributed by atoms with van der Waals surface area (Å²) in [5, 5.41) is 11.7. The predicted molar refractivity (Wildman–Crippen MR) is 117 cm³/mol. The van der Waals surface area contributed by atoms with Crippen molar-refractivity contribution in [1.29, 1.82) is 0 Å². The van der Waals surface area contributed by atoms with E-state index in [1.807, 2.05) is 29.8 Å². The van der Waals surface area contributed by atoms with Crippen LogP contribution >= 0.6 is 58.2 Å². The van der Waals surface area contributed by atoms with Crippen LogP contribution in [0.25, 0.3) is 0 Å². The Morgan fingerprint density at radius 3 is 2.46 bits per heavy atom. The van der Waals surface area contributed by atoms with Gasteiger partial charge in [-0.15, -0.1) is 10.2 Å². The van der Waals surface area contributed by atoms with E-state index in [2.05, 4.69) is 10.2 Å². The molecule has 0 aliphatic rings. The molecule has 0 spiro atoms. The molecule has 0 bridgehead atoms. The molecule has 148 valence electrons. The fourth-order valence-corrected chi connectivity index (χ4v) is 4.63. The first-order valence-corrected chi connectivity index (χ1v) is 11.0. The Labute approximate surface area is 188 Å². The second-order valence-corrected chi connectivity index (χ2v) is 8.57. The maximum Gasteiger partial charge on any atom is 0.191 e. The standard InChI is InChI=1S/C19H17Cl4N3OS/c1-26-18(6-3-9-27-17-8-7-12(20)10-16(17)23)24-25-19(26)28-11-13-14(21)4-2-5-15(13)22/h2,4-5,7-8,10H,3,6,9,11H2,1H3. The van der Waals surface area contributed by atoms with Crippen molar-refractivity contribution in [2.75, 3.05) is 6.61 Å². The Morgan fingerprint density at radius 2 is 1.75 bits per heavy atom. The average molecular weight is 477 g/mol. The molecule has 4 nitrogen and oxygen atoms in total. The Balaban J connectivity index is 1.52. The monoisotopic (exact) mass is 475 g/mol. The van der Waals surface area contributed by atoms with Crippen molar-refractivity contribution in [2.45, 2.75) is 23.8 Å². The van der Waals surface area contributed by atoms with Gasteiger partial charge in [0.2, 0.25) is 0 Å². The van der Waals surface area contributed by atoms with Crippen molar-refractivity contribution >= 4 is 58.2 Å². The smallest absolute Gasteiger partial charge is 0.191 e. The van der Waals surface area contributed by atoms with Gasteiger partial charge in [0, 0.05) is 34.3 Å². The van der Waals surface area contributed by atoms with E-state index >= 15 is 0 Å². The quantitative estimate of drug-likeness (QED) is 0.267. The molecule has 1 aromatic heterocycles. The van der Waals surface area contributed by atoms with Crippen LogP contribution < -0.4 is 4.74 Å². The van der Waals surface area contributed by atoms with Gasteiger partial charge in [0.15, 0.2) is 5.16 Å². The van der Waals surface area contributed by atoms with Gasteiger partial charge in [-0.2, -0.15) is 0 Å². The Kier molecular flexibility index (Phi) is 7.77. The van der Waals surface area contributed by atoms with Gasteiger partial charge in [-0.3, -0.25) is 0 Å². The van der Waals surface area contributed by atoms with Crippen LogP contribution in [0.5, 0.6) is 5.75 Å². The summed E-state index contributed by atoms with van der Waals surface area (Å²) in [6.45, 7) is 0.520. The third-order valence-electron chi connectivity index (χ3n) is 4.03. The highest BCUT2D eigenvalue weighted by Crippen LogP contribution is 2.31.